The highest BCUT2D eigenvalue weighted by Gasteiger charge is 2.16. The highest BCUT2D eigenvalue weighted by molar-refractivity contribution is 5.29. The molecule has 0 saturated heterocycles. The average molecular weight is 255 g/mol. The second-order valence-corrected chi connectivity index (χ2v) is 4.86. The van der Waals surface area contributed by atoms with Gasteiger partial charge in [0.15, 0.2) is 11.6 Å². The maximum atomic E-state index is 13.7. The number of benzene rings is 1. The molecule has 0 saturated carbocycles. The van der Waals surface area contributed by atoms with Crippen molar-refractivity contribution in [1.29, 1.82) is 0 Å². The fraction of sp³-hybridized carbons (Fsp3) is 0.571. The summed E-state index contributed by atoms with van der Waals surface area (Å²) in [4.78, 5) is 0. The lowest BCUT2D eigenvalue weighted by Crippen LogP contribution is -2.25. The summed E-state index contributed by atoms with van der Waals surface area (Å²) >= 11 is 0. The molecule has 102 valence electrons. The van der Waals surface area contributed by atoms with Gasteiger partial charge in [-0.25, -0.2) is 4.39 Å². The van der Waals surface area contributed by atoms with Crippen LogP contribution in [0.2, 0.25) is 0 Å². The van der Waals surface area contributed by atoms with Gasteiger partial charge in [-0.15, -0.1) is 0 Å². The Hall–Kier alpha value is -1.13. The van der Waals surface area contributed by atoms with Crippen LogP contribution in [-0.2, 0) is 11.3 Å². The van der Waals surface area contributed by atoms with Gasteiger partial charge in [0.25, 0.3) is 0 Å². The Morgan fingerprint density at radius 3 is 2.61 bits per heavy atom. The summed E-state index contributed by atoms with van der Waals surface area (Å²) in [5.74, 6) is -0.0280. The highest BCUT2D eigenvalue weighted by atomic mass is 19.1. The predicted molar refractivity (Wildman–Crippen MR) is 70.4 cm³/mol. The second kappa shape index (κ2) is 6.71. The van der Waals surface area contributed by atoms with E-state index < -0.39 is 0 Å². The molecular formula is C14H22FNO2. The van der Waals surface area contributed by atoms with Crippen LogP contribution in [0.4, 0.5) is 4.39 Å². The van der Waals surface area contributed by atoms with E-state index >= 15 is 0 Å². The van der Waals surface area contributed by atoms with E-state index in [-0.39, 0.29) is 11.4 Å². The molecule has 0 aliphatic carbocycles. The number of nitrogens with one attached hydrogen (secondary N) is 1. The van der Waals surface area contributed by atoms with Crippen molar-refractivity contribution in [2.24, 2.45) is 0 Å². The van der Waals surface area contributed by atoms with E-state index in [9.17, 15) is 4.39 Å². The van der Waals surface area contributed by atoms with Crippen LogP contribution in [0.15, 0.2) is 18.2 Å². The van der Waals surface area contributed by atoms with Gasteiger partial charge in [0, 0.05) is 20.1 Å². The third-order valence-electron chi connectivity index (χ3n) is 2.89. The van der Waals surface area contributed by atoms with E-state index in [0.717, 1.165) is 5.56 Å². The van der Waals surface area contributed by atoms with Crippen LogP contribution < -0.4 is 10.1 Å². The predicted octanol–water partition coefficient (Wildman–Crippen LogP) is 2.74. The van der Waals surface area contributed by atoms with Crippen LogP contribution in [0.25, 0.3) is 0 Å². The monoisotopic (exact) mass is 255 g/mol. The molecule has 1 aromatic rings. The number of methoxy groups -OCH3 is 1. The largest absolute Gasteiger partial charge is 0.490 e. The Bertz CT molecular complexity index is 380. The Morgan fingerprint density at radius 2 is 2.06 bits per heavy atom. The summed E-state index contributed by atoms with van der Waals surface area (Å²) in [6, 6.07) is 5.02. The van der Waals surface area contributed by atoms with Crippen molar-refractivity contribution in [3.05, 3.63) is 29.6 Å². The molecule has 0 heterocycles. The van der Waals surface area contributed by atoms with Gasteiger partial charge < -0.3 is 14.8 Å². The first kappa shape index (κ1) is 14.9. The van der Waals surface area contributed by atoms with Gasteiger partial charge in [-0.1, -0.05) is 6.07 Å². The quantitative estimate of drug-likeness (QED) is 0.812. The van der Waals surface area contributed by atoms with Gasteiger partial charge in [-0.2, -0.15) is 0 Å². The number of halogens is 1. The Morgan fingerprint density at radius 1 is 1.33 bits per heavy atom. The molecule has 4 heteroatoms. The van der Waals surface area contributed by atoms with Crippen LogP contribution in [0.3, 0.4) is 0 Å². The van der Waals surface area contributed by atoms with Gasteiger partial charge in [-0.05, 0) is 38.6 Å². The normalized spacial score (nSPS) is 11.6. The Balaban J connectivity index is 2.53. The molecule has 1 N–H and O–H groups in total. The van der Waals surface area contributed by atoms with Crippen LogP contribution in [0, 0.1) is 5.82 Å². The van der Waals surface area contributed by atoms with Gasteiger partial charge >= 0.3 is 0 Å². The Labute approximate surface area is 108 Å². The zero-order chi connectivity index (χ0) is 13.6. The minimum atomic E-state index is -0.321. The van der Waals surface area contributed by atoms with Crippen LogP contribution in [-0.4, -0.2) is 26.4 Å². The molecule has 3 nitrogen and oxygen atoms in total. The summed E-state index contributed by atoms with van der Waals surface area (Å²) in [7, 11) is 3.49. The zero-order valence-corrected chi connectivity index (χ0v) is 11.5. The minimum Gasteiger partial charge on any atom is -0.490 e. The molecule has 0 unspecified atom stereocenters. The second-order valence-electron chi connectivity index (χ2n) is 4.86. The molecule has 0 atom stereocenters. The molecule has 0 bridgehead atoms. The van der Waals surface area contributed by atoms with Crippen molar-refractivity contribution in [3.63, 3.8) is 0 Å². The first-order chi connectivity index (χ1) is 8.48. The molecule has 0 aliphatic heterocycles. The van der Waals surface area contributed by atoms with Gasteiger partial charge in [0.1, 0.15) is 0 Å². The maximum absolute atomic E-state index is 13.7. The fourth-order valence-electron chi connectivity index (χ4n) is 1.48. The molecule has 0 radical (unpaired) electrons. The van der Waals surface area contributed by atoms with Crippen LogP contribution in [0.5, 0.6) is 5.75 Å². The first-order valence-corrected chi connectivity index (χ1v) is 6.09. The molecule has 0 spiro atoms. The standard InChI is InChI=1S/C14H22FNO2/c1-14(2,17-4)7-8-18-13-6-5-11(10-16-3)9-12(13)15/h5-6,9,16H,7-8,10H2,1-4H3. The van der Waals surface area contributed by atoms with Gasteiger partial charge in [-0.3, -0.25) is 0 Å². The van der Waals surface area contributed by atoms with Crippen molar-refractivity contribution in [1.82, 2.24) is 5.32 Å². The SMILES string of the molecule is CNCc1ccc(OCCC(C)(C)OC)c(F)c1. The van der Waals surface area contributed by atoms with E-state index in [2.05, 4.69) is 5.32 Å². The summed E-state index contributed by atoms with van der Waals surface area (Å²) in [5, 5.41) is 2.98. The number of ether oxygens (including phenoxy) is 2. The van der Waals surface area contributed by atoms with E-state index in [1.54, 1.807) is 13.2 Å². The topological polar surface area (TPSA) is 30.5 Å². The third kappa shape index (κ3) is 4.63. The summed E-state index contributed by atoms with van der Waals surface area (Å²) < 4.78 is 24.4. The fourth-order valence-corrected chi connectivity index (χ4v) is 1.48. The molecule has 1 rings (SSSR count). The van der Waals surface area contributed by atoms with Crippen LogP contribution in [0.1, 0.15) is 25.8 Å². The molecule has 0 amide bonds. The van der Waals surface area contributed by atoms with Crippen molar-refractivity contribution < 1.29 is 13.9 Å². The Kier molecular flexibility index (Phi) is 5.56. The third-order valence-corrected chi connectivity index (χ3v) is 2.89. The van der Waals surface area contributed by atoms with Crippen molar-refractivity contribution >= 4 is 0 Å². The molecule has 0 aliphatic rings. The van der Waals surface area contributed by atoms with Crippen molar-refractivity contribution in [3.8, 4) is 5.75 Å². The highest BCUT2D eigenvalue weighted by Crippen LogP contribution is 2.20. The number of hydrogen-bond acceptors (Lipinski definition) is 3. The van der Waals surface area contributed by atoms with Crippen LogP contribution >= 0.6 is 0 Å². The van der Waals surface area contributed by atoms with Crippen molar-refractivity contribution in [2.45, 2.75) is 32.4 Å². The molecule has 0 aromatic heterocycles. The lowest BCUT2D eigenvalue weighted by Gasteiger charge is -2.22. The average Bonchev–Trinajstić information content (AvgIpc) is 2.32. The minimum absolute atomic E-state index is 0.247. The van der Waals surface area contributed by atoms with Gasteiger partial charge in [0.2, 0.25) is 0 Å². The summed E-state index contributed by atoms with van der Waals surface area (Å²) in [6.07, 6.45) is 0.710. The van der Waals surface area contributed by atoms with Gasteiger partial charge in [0.05, 0.1) is 12.2 Å². The molecule has 18 heavy (non-hydrogen) atoms. The summed E-state index contributed by atoms with van der Waals surface area (Å²) in [5.41, 5.74) is 0.655. The van der Waals surface area contributed by atoms with E-state index in [0.29, 0.717) is 25.3 Å². The number of rotatable bonds is 7. The van der Waals surface area contributed by atoms with Crippen molar-refractivity contribution in [2.75, 3.05) is 20.8 Å². The molecular weight excluding hydrogens is 233 g/mol. The van der Waals surface area contributed by atoms with E-state index in [1.165, 1.54) is 6.07 Å². The first-order valence-electron chi connectivity index (χ1n) is 6.09. The van der Waals surface area contributed by atoms with E-state index in [4.69, 9.17) is 9.47 Å². The lowest BCUT2D eigenvalue weighted by molar-refractivity contribution is 0.00513. The zero-order valence-electron chi connectivity index (χ0n) is 11.5. The van der Waals surface area contributed by atoms with E-state index in [1.807, 2.05) is 27.0 Å². The lowest BCUT2D eigenvalue weighted by atomic mass is 10.1. The smallest absolute Gasteiger partial charge is 0.165 e. The maximum Gasteiger partial charge on any atom is 0.165 e. The molecule has 0 fully saturated rings. The molecule has 1 aromatic carbocycles. The summed E-state index contributed by atoms with van der Waals surface area (Å²) in [6.45, 7) is 5.03. The number of hydrogen-bond donors (Lipinski definition) is 1.